The molecule has 0 aromatic rings. The number of carbonyl (C=O) groups excluding carboxylic acids is 2. The topological polar surface area (TPSA) is 373 Å². The smallest absolute Gasteiger partial charge is 0.364 e. The van der Waals surface area contributed by atoms with Gasteiger partial charge in [0.15, 0.2) is 12.6 Å². The molecular formula is C75H136N2O21. The van der Waals surface area contributed by atoms with E-state index < -0.39 is 155 Å². The van der Waals surface area contributed by atoms with E-state index in [1.807, 2.05) is 6.08 Å². The maximum absolute atomic E-state index is 13.5. The van der Waals surface area contributed by atoms with E-state index in [0.717, 1.165) is 64.7 Å². The number of aliphatic hydroxyl groups excluding tert-OH is 11. The number of carbonyl (C=O) groups is 3. The van der Waals surface area contributed by atoms with Crippen molar-refractivity contribution in [2.45, 2.75) is 394 Å². The van der Waals surface area contributed by atoms with Gasteiger partial charge in [0.1, 0.15) is 67.1 Å². The first-order valence-electron chi connectivity index (χ1n) is 38.4. The highest BCUT2D eigenvalue weighted by Gasteiger charge is 2.60. The molecule has 3 fully saturated rings. The van der Waals surface area contributed by atoms with Crippen LogP contribution in [-0.4, -0.2) is 215 Å². The molecule has 0 bridgehead atoms. The quantitative estimate of drug-likeness (QED) is 0.0153. The van der Waals surface area contributed by atoms with Crippen molar-refractivity contribution in [3.8, 4) is 0 Å². The van der Waals surface area contributed by atoms with E-state index in [2.05, 4.69) is 48.8 Å². The Labute approximate surface area is 586 Å². The SMILES string of the molecule is CCCCC/C=C\C=C/CCCCCCCCCCCCC(=O)NC(COC1OC(CO)C(OC2OC(CO)C(O)C(OC3(C(=O)O)CC(O)C(NC(C)=O)C(C(O)C(O)CO)O3)C2O)C(O)C1O)C(O)/C=C/CCCCCCCCCCCCCCCCCCCCCCCCC. The first kappa shape index (κ1) is 89.2. The maximum Gasteiger partial charge on any atom is 0.364 e. The van der Waals surface area contributed by atoms with Gasteiger partial charge in [-0.25, -0.2) is 4.79 Å². The van der Waals surface area contributed by atoms with E-state index >= 15 is 0 Å². The van der Waals surface area contributed by atoms with Gasteiger partial charge in [-0.3, -0.25) is 9.59 Å². The molecule has 0 aromatic heterocycles. The number of hydrogen-bond donors (Lipinski definition) is 14. The van der Waals surface area contributed by atoms with Crippen LogP contribution in [0.25, 0.3) is 0 Å². The summed E-state index contributed by atoms with van der Waals surface area (Å²) in [5.41, 5.74) is 0. The Morgan fingerprint density at radius 1 is 0.541 bits per heavy atom. The molecule has 3 heterocycles. The van der Waals surface area contributed by atoms with Crippen LogP contribution in [0, 0.1) is 0 Å². The predicted octanol–water partition coefficient (Wildman–Crippen LogP) is 8.96. The van der Waals surface area contributed by atoms with Crippen molar-refractivity contribution in [2.24, 2.45) is 0 Å². The minimum Gasteiger partial charge on any atom is -0.477 e. The van der Waals surface area contributed by atoms with Crippen molar-refractivity contribution in [1.29, 1.82) is 0 Å². The van der Waals surface area contributed by atoms with Crippen molar-refractivity contribution in [3.05, 3.63) is 36.5 Å². The molecule has 23 nitrogen and oxygen atoms in total. The first-order chi connectivity index (χ1) is 47.4. The van der Waals surface area contributed by atoms with Crippen LogP contribution >= 0.6 is 0 Å². The standard InChI is InChI=1S/C75H136N2O21/c1-4-6-8-10-12-14-16-18-20-22-24-25-26-27-28-29-31-32-34-36-38-40-42-44-46-48-57(82)56(77-62(85)49-47-45-43-41-39-37-35-33-30-23-21-19-17-15-13-11-9-7-5-2)54-93-72-67(89)66(88)69(61(53-80)95-72)96-73-68(90)71(65(87)60(52-79)94-73)98-75(74(91)92)50-58(83)63(76-55(3)81)70(97-75)64(86)59(84)51-78/h13,15,17,19,46,48,56-61,63-73,78-80,82-84,86-90H,4-12,14,16,18,20-45,47,49-54H2,1-3H3,(H,76,81)(H,77,85)(H,91,92)/b15-13-,19-17-,48-46+. The third-order valence-corrected chi connectivity index (χ3v) is 19.3. The number of allylic oxidation sites excluding steroid dienone is 5. The molecule has 0 aliphatic carbocycles. The van der Waals surface area contributed by atoms with Crippen molar-refractivity contribution in [2.75, 3.05) is 26.4 Å². The largest absolute Gasteiger partial charge is 0.477 e. The fraction of sp³-hybridized carbons (Fsp3) is 0.880. The third-order valence-electron chi connectivity index (χ3n) is 19.3. The number of unbranched alkanes of at least 4 members (excludes halogenated alkanes) is 36. The number of carboxylic acids is 1. The minimum atomic E-state index is -3.08. The van der Waals surface area contributed by atoms with E-state index in [1.54, 1.807) is 6.08 Å². The second kappa shape index (κ2) is 54.6. The van der Waals surface area contributed by atoms with Crippen LogP contribution in [-0.2, 0) is 42.8 Å². The molecule has 0 radical (unpaired) electrons. The molecule has 18 atom stereocenters. The number of nitrogens with one attached hydrogen (secondary N) is 2. The molecule has 3 aliphatic rings. The second-order valence-corrected chi connectivity index (χ2v) is 27.9. The molecule has 23 heteroatoms. The van der Waals surface area contributed by atoms with Gasteiger partial charge in [-0.05, 0) is 44.9 Å². The summed E-state index contributed by atoms with van der Waals surface area (Å²) < 4.78 is 34.9. The lowest BCUT2D eigenvalue weighted by Gasteiger charge is -2.50. The molecule has 572 valence electrons. The van der Waals surface area contributed by atoms with Crippen molar-refractivity contribution in [1.82, 2.24) is 10.6 Å². The Kier molecular flexibility index (Phi) is 49.7. The normalized spacial score (nSPS) is 27.4. The molecule has 14 N–H and O–H groups in total. The molecule has 3 rings (SSSR count). The highest BCUT2D eigenvalue weighted by Crippen LogP contribution is 2.39. The predicted molar refractivity (Wildman–Crippen MR) is 375 cm³/mol. The Bertz CT molecular complexity index is 2110. The van der Waals surface area contributed by atoms with Crippen molar-refractivity contribution >= 4 is 17.8 Å². The lowest BCUT2D eigenvalue weighted by molar-refractivity contribution is -0.386. The van der Waals surface area contributed by atoms with Gasteiger partial charge in [-0.2, -0.15) is 0 Å². The van der Waals surface area contributed by atoms with Crippen molar-refractivity contribution < 1.29 is 104 Å². The van der Waals surface area contributed by atoms with Gasteiger partial charge in [0.2, 0.25) is 11.8 Å². The first-order valence-corrected chi connectivity index (χ1v) is 38.4. The van der Waals surface area contributed by atoms with Crippen LogP contribution in [0.1, 0.15) is 284 Å². The number of carboxylic acid groups (broad SMARTS) is 1. The summed E-state index contributed by atoms with van der Waals surface area (Å²) in [4.78, 5) is 38.6. The maximum atomic E-state index is 13.5. The molecule has 3 aliphatic heterocycles. The van der Waals surface area contributed by atoms with E-state index in [1.165, 1.54) is 180 Å². The van der Waals surface area contributed by atoms with Crippen LogP contribution in [0.5, 0.6) is 0 Å². The van der Waals surface area contributed by atoms with Gasteiger partial charge in [0, 0.05) is 19.8 Å². The lowest BCUT2D eigenvalue weighted by atomic mass is 9.88. The number of amides is 2. The van der Waals surface area contributed by atoms with E-state index in [-0.39, 0.29) is 12.3 Å². The van der Waals surface area contributed by atoms with Gasteiger partial charge in [0.25, 0.3) is 5.79 Å². The van der Waals surface area contributed by atoms with Gasteiger partial charge in [-0.15, -0.1) is 0 Å². The number of aliphatic carboxylic acids is 1. The highest BCUT2D eigenvalue weighted by molar-refractivity contribution is 5.77. The Hall–Kier alpha value is -3.05. The summed E-state index contributed by atoms with van der Waals surface area (Å²) >= 11 is 0. The summed E-state index contributed by atoms with van der Waals surface area (Å²) in [5.74, 6) is -6.15. The summed E-state index contributed by atoms with van der Waals surface area (Å²) in [5, 5.41) is 136. The number of aliphatic hydroxyl groups is 11. The molecular weight excluding hydrogens is 1260 g/mol. The molecule has 0 spiro atoms. The zero-order valence-corrected chi connectivity index (χ0v) is 60.1. The Morgan fingerprint density at radius 3 is 1.44 bits per heavy atom. The fourth-order valence-electron chi connectivity index (χ4n) is 13.2. The van der Waals surface area contributed by atoms with Crippen molar-refractivity contribution in [3.63, 3.8) is 0 Å². The summed E-state index contributed by atoms with van der Waals surface area (Å²) in [6, 6.07) is -2.62. The highest BCUT2D eigenvalue weighted by atomic mass is 16.8. The molecule has 2 amide bonds. The minimum absolute atomic E-state index is 0.196. The van der Waals surface area contributed by atoms with Crippen LogP contribution < -0.4 is 10.6 Å². The van der Waals surface area contributed by atoms with Gasteiger partial charge >= 0.3 is 5.97 Å². The number of ether oxygens (including phenoxy) is 6. The lowest BCUT2D eigenvalue weighted by Crippen LogP contribution is -2.70. The van der Waals surface area contributed by atoms with Crippen LogP contribution in [0.2, 0.25) is 0 Å². The monoisotopic (exact) mass is 1400 g/mol. The number of rotatable bonds is 59. The van der Waals surface area contributed by atoms with Gasteiger partial charge in [0.05, 0.1) is 50.7 Å². The summed E-state index contributed by atoms with van der Waals surface area (Å²) in [6.07, 6.45) is 30.3. The number of hydrogen-bond acceptors (Lipinski definition) is 20. The molecule has 0 saturated carbocycles. The van der Waals surface area contributed by atoms with Gasteiger partial charge < -0.3 is 100 Å². The van der Waals surface area contributed by atoms with E-state index in [9.17, 15) is 75.7 Å². The third kappa shape index (κ3) is 35.4. The Balaban J connectivity index is 1.55. The van der Waals surface area contributed by atoms with Gasteiger partial charge in [-0.1, -0.05) is 256 Å². The summed E-state index contributed by atoms with van der Waals surface area (Å²) in [7, 11) is 0. The zero-order chi connectivity index (χ0) is 71.8. The molecule has 98 heavy (non-hydrogen) atoms. The van der Waals surface area contributed by atoms with E-state index in [0.29, 0.717) is 12.8 Å². The average Bonchev–Trinajstić information content (AvgIpc) is 0.756. The molecule has 3 saturated heterocycles. The molecule has 18 unspecified atom stereocenters. The van der Waals surface area contributed by atoms with Crippen LogP contribution in [0.15, 0.2) is 36.5 Å². The molecule has 0 aromatic carbocycles. The zero-order valence-electron chi connectivity index (χ0n) is 60.1. The van der Waals surface area contributed by atoms with E-state index in [4.69, 9.17) is 28.4 Å². The van der Waals surface area contributed by atoms with Crippen LogP contribution in [0.4, 0.5) is 0 Å². The van der Waals surface area contributed by atoms with Crippen LogP contribution in [0.3, 0.4) is 0 Å². The fourth-order valence-corrected chi connectivity index (χ4v) is 13.2. The Morgan fingerprint density at radius 2 is 0.980 bits per heavy atom. The average molecular weight is 1400 g/mol. The summed E-state index contributed by atoms with van der Waals surface area (Å²) in [6.45, 7) is 2.13. The second-order valence-electron chi connectivity index (χ2n) is 27.9.